The zero-order valence-electron chi connectivity index (χ0n) is 16.3. The Morgan fingerprint density at radius 1 is 0.967 bits per heavy atom. The van der Waals surface area contributed by atoms with Gasteiger partial charge in [0.05, 0.1) is 19.9 Å². The third-order valence-corrected chi connectivity index (χ3v) is 5.14. The average Bonchev–Trinajstić information content (AvgIpc) is 2.76. The number of carbonyl (C=O) groups excluding carboxylic acids is 2. The summed E-state index contributed by atoms with van der Waals surface area (Å²) in [5, 5.41) is 4.45. The minimum absolute atomic E-state index is 0.0142. The van der Waals surface area contributed by atoms with Crippen molar-refractivity contribution in [3.05, 3.63) is 71.8 Å². The fourth-order valence-corrected chi connectivity index (χ4v) is 3.67. The molecule has 1 heterocycles. The van der Waals surface area contributed by atoms with Gasteiger partial charge in [-0.25, -0.2) is 0 Å². The molecule has 4 rings (SSSR count). The lowest BCUT2D eigenvalue weighted by atomic mass is 9.99. The SMILES string of the molecule is COc1cccc(N2C(=O)/C(=C/c3c(OC)ccc4ccccc34)C(=O)NC2=S)c1. The van der Waals surface area contributed by atoms with Gasteiger partial charge in [0.1, 0.15) is 17.1 Å². The number of hydrogen-bond acceptors (Lipinski definition) is 5. The molecule has 1 saturated heterocycles. The Kier molecular flexibility index (Phi) is 5.20. The van der Waals surface area contributed by atoms with Gasteiger partial charge >= 0.3 is 0 Å². The zero-order valence-corrected chi connectivity index (χ0v) is 17.2. The van der Waals surface area contributed by atoms with Crippen LogP contribution in [0.1, 0.15) is 5.56 Å². The summed E-state index contributed by atoms with van der Waals surface area (Å²) in [4.78, 5) is 27.3. The summed E-state index contributed by atoms with van der Waals surface area (Å²) in [6.07, 6.45) is 1.55. The molecule has 0 atom stereocenters. The molecule has 6 nitrogen and oxygen atoms in total. The summed E-state index contributed by atoms with van der Waals surface area (Å²) in [6, 6.07) is 18.3. The van der Waals surface area contributed by atoms with Crippen molar-refractivity contribution in [3.63, 3.8) is 0 Å². The predicted octanol–water partition coefficient (Wildman–Crippen LogP) is 3.69. The van der Waals surface area contributed by atoms with Gasteiger partial charge in [0.25, 0.3) is 11.8 Å². The van der Waals surface area contributed by atoms with Gasteiger partial charge in [-0.2, -0.15) is 0 Å². The second-order valence-corrected chi connectivity index (χ2v) is 6.95. The Hall–Kier alpha value is -3.71. The Morgan fingerprint density at radius 2 is 1.77 bits per heavy atom. The normalized spacial score (nSPS) is 15.5. The number of thiocarbonyl (C=S) groups is 1. The molecule has 2 amide bonds. The van der Waals surface area contributed by atoms with E-state index in [0.717, 1.165) is 10.8 Å². The summed E-state index contributed by atoms with van der Waals surface area (Å²) in [5.74, 6) is 0.0512. The van der Waals surface area contributed by atoms with E-state index in [-0.39, 0.29) is 10.7 Å². The molecule has 1 N–H and O–H groups in total. The maximum Gasteiger partial charge on any atom is 0.270 e. The zero-order chi connectivity index (χ0) is 21.3. The number of nitrogens with one attached hydrogen (secondary N) is 1. The van der Waals surface area contributed by atoms with E-state index in [1.807, 2.05) is 36.4 Å². The van der Waals surface area contributed by atoms with E-state index in [1.165, 1.54) is 12.0 Å². The molecule has 0 aliphatic carbocycles. The fraction of sp³-hybridized carbons (Fsp3) is 0.0870. The predicted molar refractivity (Wildman–Crippen MR) is 120 cm³/mol. The molecule has 30 heavy (non-hydrogen) atoms. The first kappa shape index (κ1) is 19.6. The van der Waals surface area contributed by atoms with E-state index in [4.69, 9.17) is 21.7 Å². The number of fused-ring (bicyclic) bond motifs is 1. The van der Waals surface area contributed by atoms with Crippen molar-refractivity contribution >= 4 is 51.7 Å². The van der Waals surface area contributed by atoms with Crippen molar-refractivity contribution in [2.45, 2.75) is 0 Å². The number of carbonyl (C=O) groups is 2. The Balaban J connectivity index is 1.85. The molecule has 1 aliphatic rings. The van der Waals surface area contributed by atoms with E-state index in [0.29, 0.717) is 22.7 Å². The van der Waals surface area contributed by atoms with Crippen LogP contribution >= 0.6 is 12.2 Å². The average molecular weight is 418 g/mol. The number of rotatable bonds is 4. The number of amides is 2. The van der Waals surface area contributed by atoms with Crippen molar-refractivity contribution in [1.82, 2.24) is 5.32 Å². The highest BCUT2D eigenvalue weighted by molar-refractivity contribution is 7.80. The van der Waals surface area contributed by atoms with Gasteiger partial charge in [-0.05, 0) is 47.3 Å². The van der Waals surface area contributed by atoms with Crippen LogP contribution in [0.3, 0.4) is 0 Å². The molecule has 0 spiro atoms. The van der Waals surface area contributed by atoms with E-state index in [2.05, 4.69) is 5.32 Å². The van der Waals surface area contributed by atoms with Crippen LogP contribution in [-0.4, -0.2) is 31.1 Å². The highest BCUT2D eigenvalue weighted by Crippen LogP contribution is 2.32. The second-order valence-electron chi connectivity index (χ2n) is 6.56. The van der Waals surface area contributed by atoms with E-state index in [9.17, 15) is 9.59 Å². The van der Waals surface area contributed by atoms with Gasteiger partial charge in [0.2, 0.25) is 0 Å². The first-order chi connectivity index (χ1) is 14.5. The highest BCUT2D eigenvalue weighted by atomic mass is 32.1. The standard InChI is InChI=1S/C23H18N2O4S/c1-28-16-8-5-7-15(12-16)25-22(27)19(21(26)24-23(25)30)13-18-17-9-4-3-6-14(17)10-11-20(18)29-2/h3-13H,1-2H3,(H,24,26,30)/b19-13+. The molecule has 1 fully saturated rings. The molecule has 0 saturated carbocycles. The monoisotopic (exact) mass is 418 g/mol. The maximum absolute atomic E-state index is 13.3. The van der Waals surface area contributed by atoms with Crippen LogP contribution in [0.15, 0.2) is 66.2 Å². The van der Waals surface area contributed by atoms with Crippen molar-refractivity contribution < 1.29 is 19.1 Å². The minimum atomic E-state index is -0.556. The molecule has 0 radical (unpaired) electrons. The van der Waals surface area contributed by atoms with Crippen molar-refractivity contribution in [2.24, 2.45) is 0 Å². The third-order valence-electron chi connectivity index (χ3n) is 4.85. The molecule has 3 aromatic carbocycles. The summed E-state index contributed by atoms with van der Waals surface area (Å²) in [6.45, 7) is 0. The molecule has 0 unspecified atom stereocenters. The smallest absolute Gasteiger partial charge is 0.270 e. The largest absolute Gasteiger partial charge is 0.497 e. The first-order valence-corrected chi connectivity index (χ1v) is 9.55. The van der Waals surface area contributed by atoms with Crippen LogP contribution in [-0.2, 0) is 9.59 Å². The van der Waals surface area contributed by atoms with Crippen molar-refractivity contribution in [3.8, 4) is 11.5 Å². The summed E-state index contributed by atoms with van der Waals surface area (Å²) >= 11 is 5.27. The molecule has 0 bridgehead atoms. The molecule has 3 aromatic rings. The third kappa shape index (κ3) is 3.40. The Labute approximate surface area is 178 Å². The molecule has 7 heteroatoms. The van der Waals surface area contributed by atoms with Crippen LogP contribution in [0.2, 0.25) is 0 Å². The van der Waals surface area contributed by atoms with E-state index < -0.39 is 11.8 Å². The highest BCUT2D eigenvalue weighted by Gasteiger charge is 2.35. The van der Waals surface area contributed by atoms with Gasteiger partial charge in [-0.15, -0.1) is 0 Å². The van der Waals surface area contributed by atoms with Gasteiger partial charge < -0.3 is 9.47 Å². The summed E-state index contributed by atoms with van der Waals surface area (Å²) in [5.41, 5.74) is 1.11. The van der Waals surface area contributed by atoms with E-state index >= 15 is 0 Å². The van der Waals surface area contributed by atoms with E-state index in [1.54, 1.807) is 37.5 Å². The number of benzene rings is 3. The molecule has 0 aromatic heterocycles. The maximum atomic E-state index is 13.3. The number of anilines is 1. The van der Waals surface area contributed by atoms with Gasteiger partial charge in [0, 0.05) is 11.6 Å². The lowest BCUT2D eigenvalue weighted by Gasteiger charge is -2.29. The summed E-state index contributed by atoms with van der Waals surface area (Å²) < 4.78 is 10.7. The Morgan fingerprint density at radius 3 is 2.53 bits per heavy atom. The van der Waals surface area contributed by atoms with Crippen LogP contribution < -0.4 is 19.7 Å². The fourth-order valence-electron chi connectivity index (χ4n) is 3.39. The molecular weight excluding hydrogens is 400 g/mol. The molecule has 150 valence electrons. The van der Waals surface area contributed by atoms with Crippen LogP contribution in [0.4, 0.5) is 5.69 Å². The van der Waals surface area contributed by atoms with Crippen molar-refractivity contribution in [2.75, 3.05) is 19.1 Å². The van der Waals surface area contributed by atoms with Crippen LogP contribution in [0.25, 0.3) is 16.8 Å². The lowest BCUT2D eigenvalue weighted by molar-refractivity contribution is -0.122. The molecule has 1 aliphatic heterocycles. The van der Waals surface area contributed by atoms with Gasteiger partial charge in [-0.3, -0.25) is 19.8 Å². The van der Waals surface area contributed by atoms with Crippen molar-refractivity contribution in [1.29, 1.82) is 0 Å². The number of nitrogens with zero attached hydrogens (tertiary/aromatic N) is 1. The number of hydrogen-bond donors (Lipinski definition) is 1. The first-order valence-electron chi connectivity index (χ1n) is 9.14. The minimum Gasteiger partial charge on any atom is -0.497 e. The Bertz CT molecular complexity index is 1220. The molecular formula is C23H18N2O4S. The van der Waals surface area contributed by atoms with Gasteiger partial charge in [-0.1, -0.05) is 36.4 Å². The lowest BCUT2D eigenvalue weighted by Crippen LogP contribution is -2.54. The second kappa shape index (κ2) is 7.96. The topological polar surface area (TPSA) is 67.9 Å². The number of methoxy groups -OCH3 is 2. The van der Waals surface area contributed by atoms with Crippen LogP contribution in [0.5, 0.6) is 11.5 Å². The van der Waals surface area contributed by atoms with Crippen LogP contribution in [0, 0.1) is 0 Å². The number of ether oxygens (including phenoxy) is 2. The quantitative estimate of drug-likeness (QED) is 0.398. The summed E-state index contributed by atoms with van der Waals surface area (Å²) in [7, 11) is 3.09. The van der Waals surface area contributed by atoms with Gasteiger partial charge in [0.15, 0.2) is 5.11 Å².